The molecule has 1 fully saturated rings. The number of pyridine rings is 1. The molecule has 2 aromatic rings. The van der Waals surface area contributed by atoms with E-state index in [-0.39, 0.29) is 5.91 Å². The van der Waals surface area contributed by atoms with Crippen LogP contribution in [0.2, 0.25) is 0 Å². The zero-order valence-electron chi connectivity index (χ0n) is 15.9. The van der Waals surface area contributed by atoms with Gasteiger partial charge in [-0.25, -0.2) is 9.97 Å². The predicted molar refractivity (Wildman–Crippen MR) is 101 cm³/mol. The summed E-state index contributed by atoms with van der Waals surface area (Å²) in [5.74, 6) is 1.60. The molecule has 0 bridgehead atoms. The lowest BCUT2D eigenvalue weighted by molar-refractivity contribution is 0.0920. The number of carbonyl (C=O) groups excluding carboxylic acids is 1. The van der Waals surface area contributed by atoms with Crippen LogP contribution in [0.5, 0.6) is 0 Å². The molecular weight excluding hydrogens is 328 g/mol. The van der Waals surface area contributed by atoms with Gasteiger partial charge in [-0.15, -0.1) is 0 Å². The van der Waals surface area contributed by atoms with Crippen molar-refractivity contribution in [3.8, 4) is 0 Å². The number of hydrogen-bond acceptors (Lipinski definition) is 5. The van der Waals surface area contributed by atoms with Crippen LogP contribution >= 0.6 is 0 Å². The summed E-state index contributed by atoms with van der Waals surface area (Å²) in [6.45, 7) is 4.17. The molecule has 1 aliphatic rings. The van der Waals surface area contributed by atoms with Gasteiger partial charge in [-0.2, -0.15) is 0 Å². The molecule has 1 N–H and O–H groups in total. The highest BCUT2D eigenvalue weighted by atomic mass is 16.4. The van der Waals surface area contributed by atoms with Gasteiger partial charge in [-0.05, 0) is 25.8 Å². The molecule has 2 aromatic heterocycles. The number of carbonyl (C=O) groups is 1. The van der Waals surface area contributed by atoms with E-state index in [9.17, 15) is 4.79 Å². The van der Waals surface area contributed by atoms with E-state index in [1.54, 1.807) is 6.92 Å². The molecule has 1 aliphatic carbocycles. The van der Waals surface area contributed by atoms with Crippen LogP contribution in [0.1, 0.15) is 66.7 Å². The quantitative estimate of drug-likeness (QED) is 0.855. The number of anilines is 1. The number of nitrogens with one attached hydrogen (secondary N) is 1. The first kappa shape index (κ1) is 18.4. The van der Waals surface area contributed by atoms with Crippen molar-refractivity contribution in [2.75, 3.05) is 11.9 Å². The van der Waals surface area contributed by atoms with Crippen LogP contribution in [0.25, 0.3) is 0 Å². The van der Waals surface area contributed by atoms with Crippen molar-refractivity contribution in [2.24, 2.45) is 0 Å². The molecule has 6 nitrogen and oxygen atoms in total. The molecule has 0 unspecified atom stereocenters. The fraction of sp³-hybridized carbons (Fsp3) is 0.550. The molecule has 0 saturated heterocycles. The van der Waals surface area contributed by atoms with Crippen molar-refractivity contribution < 1.29 is 9.21 Å². The van der Waals surface area contributed by atoms with Crippen molar-refractivity contribution in [2.45, 2.75) is 65.0 Å². The molecule has 6 heteroatoms. The zero-order valence-corrected chi connectivity index (χ0v) is 15.9. The van der Waals surface area contributed by atoms with E-state index in [4.69, 9.17) is 4.42 Å². The van der Waals surface area contributed by atoms with E-state index < -0.39 is 0 Å². The van der Waals surface area contributed by atoms with E-state index in [1.807, 2.05) is 25.3 Å². The number of nitrogens with zero attached hydrogens (tertiary/aromatic N) is 3. The molecular formula is C20H28N4O2. The van der Waals surface area contributed by atoms with E-state index in [2.05, 4.69) is 27.2 Å². The Hall–Kier alpha value is -2.37. The SMILES string of the molecule is CCc1nc(C)c(C(=O)NCc2cccnc2N(C)C2CCCCC2)o1. The normalized spacial score (nSPS) is 15.0. The van der Waals surface area contributed by atoms with E-state index >= 15 is 0 Å². The van der Waals surface area contributed by atoms with Crippen LogP contribution in [0.4, 0.5) is 5.82 Å². The highest BCUT2D eigenvalue weighted by Gasteiger charge is 2.22. The third-order valence-electron chi connectivity index (χ3n) is 5.11. The van der Waals surface area contributed by atoms with Crippen LogP contribution in [0.3, 0.4) is 0 Å². The summed E-state index contributed by atoms with van der Waals surface area (Å²) in [6, 6.07) is 4.46. The maximum atomic E-state index is 12.5. The van der Waals surface area contributed by atoms with Gasteiger partial charge < -0.3 is 14.6 Å². The first-order valence-electron chi connectivity index (χ1n) is 9.51. The maximum absolute atomic E-state index is 12.5. The molecule has 26 heavy (non-hydrogen) atoms. The Morgan fingerprint density at radius 1 is 1.35 bits per heavy atom. The second-order valence-electron chi connectivity index (χ2n) is 6.95. The molecule has 3 rings (SSSR count). The number of hydrogen-bond donors (Lipinski definition) is 1. The Bertz CT molecular complexity index is 750. The van der Waals surface area contributed by atoms with Crippen LogP contribution in [0, 0.1) is 6.92 Å². The van der Waals surface area contributed by atoms with Gasteiger partial charge in [0.1, 0.15) is 5.82 Å². The van der Waals surface area contributed by atoms with Gasteiger partial charge in [0, 0.05) is 37.8 Å². The second-order valence-corrected chi connectivity index (χ2v) is 6.95. The van der Waals surface area contributed by atoms with Gasteiger partial charge in [-0.3, -0.25) is 4.79 Å². The lowest BCUT2D eigenvalue weighted by Gasteiger charge is -2.33. The third kappa shape index (κ3) is 4.06. The first-order valence-corrected chi connectivity index (χ1v) is 9.51. The van der Waals surface area contributed by atoms with Gasteiger partial charge in [-0.1, -0.05) is 32.3 Å². The van der Waals surface area contributed by atoms with Crippen molar-refractivity contribution in [3.05, 3.63) is 41.2 Å². The van der Waals surface area contributed by atoms with E-state index in [1.165, 1.54) is 32.1 Å². The minimum Gasteiger partial charge on any atom is -0.435 e. The van der Waals surface area contributed by atoms with Crippen LogP contribution in [-0.2, 0) is 13.0 Å². The molecule has 1 amide bonds. The zero-order chi connectivity index (χ0) is 18.5. The van der Waals surface area contributed by atoms with Crippen LogP contribution in [-0.4, -0.2) is 29.0 Å². The second kappa shape index (κ2) is 8.34. The minimum absolute atomic E-state index is 0.232. The van der Waals surface area contributed by atoms with Gasteiger partial charge in [0.2, 0.25) is 5.76 Å². The average molecular weight is 356 g/mol. The Morgan fingerprint density at radius 2 is 2.12 bits per heavy atom. The lowest BCUT2D eigenvalue weighted by Crippen LogP contribution is -2.35. The topological polar surface area (TPSA) is 71.3 Å². The van der Waals surface area contributed by atoms with Gasteiger partial charge in [0.05, 0.1) is 5.69 Å². The number of oxazole rings is 1. The Balaban J connectivity index is 1.69. The molecule has 0 atom stereocenters. The summed E-state index contributed by atoms with van der Waals surface area (Å²) in [5.41, 5.74) is 1.65. The Labute approximate surface area is 155 Å². The lowest BCUT2D eigenvalue weighted by atomic mass is 9.94. The maximum Gasteiger partial charge on any atom is 0.289 e. The monoisotopic (exact) mass is 356 g/mol. The summed E-state index contributed by atoms with van der Waals surface area (Å²) in [4.78, 5) is 23.6. The van der Waals surface area contributed by atoms with Gasteiger partial charge in [0.15, 0.2) is 5.89 Å². The Kier molecular flexibility index (Phi) is 5.91. The van der Waals surface area contributed by atoms with Crippen molar-refractivity contribution in [1.29, 1.82) is 0 Å². The highest BCUT2D eigenvalue weighted by Crippen LogP contribution is 2.27. The largest absolute Gasteiger partial charge is 0.435 e. The van der Waals surface area contributed by atoms with Crippen molar-refractivity contribution in [1.82, 2.24) is 15.3 Å². The number of amides is 1. The standard InChI is InChI=1S/C20H28N4O2/c1-4-17-23-14(2)18(26-17)20(25)22-13-15-9-8-12-21-19(15)24(3)16-10-6-5-7-11-16/h8-9,12,16H,4-7,10-11,13H2,1-3H3,(H,22,25). The minimum atomic E-state index is -0.232. The molecule has 0 aromatic carbocycles. The number of aromatic nitrogens is 2. The summed E-state index contributed by atoms with van der Waals surface area (Å²) < 4.78 is 5.54. The fourth-order valence-electron chi connectivity index (χ4n) is 3.60. The number of aryl methyl sites for hydroxylation is 2. The molecule has 0 spiro atoms. The summed E-state index contributed by atoms with van der Waals surface area (Å²) in [7, 11) is 2.11. The summed E-state index contributed by atoms with van der Waals surface area (Å²) in [5, 5.41) is 2.95. The number of rotatable bonds is 6. The molecule has 0 aliphatic heterocycles. The van der Waals surface area contributed by atoms with Crippen LogP contribution < -0.4 is 10.2 Å². The highest BCUT2D eigenvalue weighted by molar-refractivity contribution is 5.92. The van der Waals surface area contributed by atoms with Crippen LogP contribution in [0.15, 0.2) is 22.7 Å². The van der Waals surface area contributed by atoms with Crippen molar-refractivity contribution >= 4 is 11.7 Å². The van der Waals surface area contributed by atoms with Gasteiger partial charge >= 0.3 is 0 Å². The molecule has 2 heterocycles. The van der Waals surface area contributed by atoms with Gasteiger partial charge in [0.25, 0.3) is 5.91 Å². The average Bonchev–Trinajstić information content (AvgIpc) is 3.07. The summed E-state index contributed by atoms with van der Waals surface area (Å²) >= 11 is 0. The fourth-order valence-corrected chi connectivity index (χ4v) is 3.60. The molecule has 0 radical (unpaired) electrons. The van der Waals surface area contributed by atoms with Crippen molar-refractivity contribution in [3.63, 3.8) is 0 Å². The smallest absolute Gasteiger partial charge is 0.289 e. The Morgan fingerprint density at radius 3 is 2.81 bits per heavy atom. The molecule has 140 valence electrons. The van der Waals surface area contributed by atoms with E-state index in [0.29, 0.717) is 36.4 Å². The first-order chi connectivity index (χ1) is 12.6. The predicted octanol–water partition coefficient (Wildman–Crippen LogP) is 3.64. The third-order valence-corrected chi connectivity index (χ3v) is 5.11. The molecule has 1 saturated carbocycles. The summed E-state index contributed by atoms with van der Waals surface area (Å²) in [6.07, 6.45) is 8.77. The van der Waals surface area contributed by atoms with E-state index in [0.717, 1.165) is 11.4 Å².